The van der Waals surface area contributed by atoms with Crippen molar-refractivity contribution in [1.82, 2.24) is 9.88 Å². The lowest BCUT2D eigenvalue weighted by Gasteiger charge is -2.33. The molecule has 1 fully saturated rings. The van der Waals surface area contributed by atoms with Crippen molar-refractivity contribution in [1.29, 1.82) is 0 Å². The highest BCUT2D eigenvalue weighted by atomic mass is 16.3. The SMILES string of the molecule is CC(O)C1CCN(C(=O)c2cncc(C#CCN)c2)CC1. The van der Waals surface area contributed by atoms with Gasteiger partial charge in [-0.3, -0.25) is 9.78 Å². The molecule has 112 valence electrons. The van der Waals surface area contributed by atoms with E-state index in [0.717, 1.165) is 12.8 Å². The average molecular weight is 287 g/mol. The second kappa shape index (κ2) is 7.21. The molecule has 1 aromatic rings. The largest absolute Gasteiger partial charge is 0.393 e. The lowest BCUT2D eigenvalue weighted by atomic mass is 9.92. The zero-order chi connectivity index (χ0) is 15.2. The van der Waals surface area contributed by atoms with E-state index in [1.54, 1.807) is 18.5 Å². The van der Waals surface area contributed by atoms with E-state index in [9.17, 15) is 9.90 Å². The molecule has 3 N–H and O–H groups in total. The van der Waals surface area contributed by atoms with Crippen LogP contribution < -0.4 is 5.73 Å². The number of aliphatic hydroxyl groups excluding tert-OH is 1. The van der Waals surface area contributed by atoms with Crippen LogP contribution in [0.4, 0.5) is 0 Å². The van der Waals surface area contributed by atoms with Crippen molar-refractivity contribution < 1.29 is 9.90 Å². The van der Waals surface area contributed by atoms with Crippen LogP contribution in [0, 0.1) is 17.8 Å². The maximum Gasteiger partial charge on any atom is 0.255 e. The van der Waals surface area contributed by atoms with Crippen molar-refractivity contribution >= 4 is 5.91 Å². The Hall–Kier alpha value is -1.90. The van der Waals surface area contributed by atoms with E-state index in [4.69, 9.17) is 5.73 Å². The second-order valence-electron chi connectivity index (χ2n) is 5.34. The molecule has 1 aliphatic rings. The first-order valence-corrected chi connectivity index (χ1v) is 7.23. The van der Waals surface area contributed by atoms with Gasteiger partial charge in [-0.2, -0.15) is 0 Å². The molecule has 2 rings (SSSR count). The van der Waals surface area contributed by atoms with Crippen molar-refractivity contribution in [2.24, 2.45) is 11.7 Å². The summed E-state index contributed by atoms with van der Waals surface area (Å²) in [5.41, 5.74) is 6.59. The molecule has 1 aliphatic heterocycles. The third-order valence-electron chi connectivity index (χ3n) is 3.83. The molecular formula is C16H21N3O2. The summed E-state index contributed by atoms with van der Waals surface area (Å²) in [5.74, 6) is 5.90. The van der Waals surface area contributed by atoms with E-state index >= 15 is 0 Å². The van der Waals surface area contributed by atoms with Gasteiger partial charge in [-0.25, -0.2) is 0 Å². The van der Waals surface area contributed by atoms with Gasteiger partial charge in [0.2, 0.25) is 0 Å². The van der Waals surface area contributed by atoms with Crippen LogP contribution in [0.2, 0.25) is 0 Å². The van der Waals surface area contributed by atoms with Crippen LogP contribution >= 0.6 is 0 Å². The number of aromatic nitrogens is 1. The Morgan fingerprint density at radius 2 is 2.24 bits per heavy atom. The average Bonchev–Trinajstić information content (AvgIpc) is 2.52. The lowest BCUT2D eigenvalue weighted by Crippen LogP contribution is -2.40. The second-order valence-corrected chi connectivity index (χ2v) is 5.34. The van der Waals surface area contributed by atoms with Gasteiger partial charge in [0, 0.05) is 31.0 Å². The summed E-state index contributed by atoms with van der Waals surface area (Å²) < 4.78 is 0. The molecule has 0 spiro atoms. The number of piperidine rings is 1. The molecule has 1 aromatic heterocycles. The maximum atomic E-state index is 12.5. The minimum Gasteiger partial charge on any atom is -0.393 e. The Labute approximate surface area is 125 Å². The predicted octanol–water partition coefficient (Wildman–Crippen LogP) is 0.625. The van der Waals surface area contributed by atoms with Crippen LogP contribution in [0.1, 0.15) is 35.7 Å². The first kappa shape index (κ1) is 15.5. The fourth-order valence-electron chi connectivity index (χ4n) is 2.55. The number of rotatable bonds is 2. The molecule has 1 saturated heterocycles. The van der Waals surface area contributed by atoms with Crippen molar-refractivity contribution in [2.45, 2.75) is 25.9 Å². The lowest BCUT2D eigenvalue weighted by molar-refractivity contribution is 0.0521. The van der Waals surface area contributed by atoms with Gasteiger partial charge in [0.25, 0.3) is 5.91 Å². The monoisotopic (exact) mass is 287 g/mol. The molecular weight excluding hydrogens is 266 g/mol. The Morgan fingerprint density at radius 1 is 1.52 bits per heavy atom. The van der Waals surface area contributed by atoms with Crippen molar-refractivity contribution in [2.75, 3.05) is 19.6 Å². The topological polar surface area (TPSA) is 79.5 Å². The zero-order valence-electron chi connectivity index (χ0n) is 12.2. The normalized spacial score (nSPS) is 17.0. The summed E-state index contributed by atoms with van der Waals surface area (Å²) >= 11 is 0. The number of hydrogen-bond donors (Lipinski definition) is 2. The fourth-order valence-corrected chi connectivity index (χ4v) is 2.55. The minimum absolute atomic E-state index is 0.0251. The summed E-state index contributed by atoms with van der Waals surface area (Å²) in [4.78, 5) is 18.3. The minimum atomic E-state index is -0.307. The van der Waals surface area contributed by atoms with E-state index in [2.05, 4.69) is 16.8 Å². The zero-order valence-corrected chi connectivity index (χ0v) is 12.2. The summed E-state index contributed by atoms with van der Waals surface area (Å²) in [6.07, 6.45) is 4.56. The number of nitrogens with zero attached hydrogens (tertiary/aromatic N) is 2. The first-order chi connectivity index (χ1) is 10.1. The van der Waals surface area contributed by atoms with Crippen molar-refractivity contribution in [3.63, 3.8) is 0 Å². The molecule has 0 radical (unpaired) electrons. The van der Waals surface area contributed by atoms with Gasteiger partial charge in [0.05, 0.1) is 18.2 Å². The van der Waals surface area contributed by atoms with Gasteiger partial charge in [0.15, 0.2) is 0 Å². The van der Waals surface area contributed by atoms with Crippen LogP contribution in [0.5, 0.6) is 0 Å². The van der Waals surface area contributed by atoms with Gasteiger partial charge in [-0.1, -0.05) is 11.8 Å². The molecule has 2 heterocycles. The molecule has 1 atom stereocenters. The van der Waals surface area contributed by atoms with Gasteiger partial charge < -0.3 is 15.7 Å². The summed E-state index contributed by atoms with van der Waals surface area (Å²) in [6, 6.07) is 1.75. The van der Waals surface area contributed by atoms with E-state index in [0.29, 0.717) is 24.2 Å². The van der Waals surface area contributed by atoms with Crippen molar-refractivity contribution in [3.05, 3.63) is 29.6 Å². The summed E-state index contributed by atoms with van der Waals surface area (Å²) in [7, 11) is 0. The van der Waals surface area contributed by atoms with Crippen LogP contribution in [0.25, 0.3) is 0 Å². The number of carbonyl (C=O) groups excluding carboxylic acids is 1. The smallest absolute Gasteiger partial charge is 0.255 e. The third kappa shape index (κ3) is 4.03. The molecule has 0 saturated carbocycles. The standard InChI is InChI=1S/C16H21N3O2/c1-12(20)14-4-7-19(8-5-14)16(21)15-9-13(3-2-6-17)10-18-11-15/h9-12,14,20H,4-8,17H2,1H3. The molecule has 0 aromatic carbocycles. The van der Waals surface area contributed by atoms with E-state index in [-0.39, 0.29) is 24.5 Å². The summed E-state index contributed by atoms with van der Waals surface area (Å²) in [6.45, 7) is 3.44. The molecule has 0 bridgehead atoms. The van der Waals surface area contributed by atoms with Gasteiger partial charge in [0.1, 0.15) is 0 Å². The van der Waals surface area contributed by atoms with Gasteiger partial charge in [-0.15, -0.1) is 0 Å². The van der Waals surface area contributed by atoms with Crippen LogP contribution in [0.15, 0.2) is 18.5 Å². The fraction of sp³-hybridized carbons (Fsp3) is 0.500. The molecule has 1 amide bonds. The Kier molecular flexibility index (Phi) is 5.32. The number of nitrogens with two attached hydrogens (primary N) is 1. The summed E-state index contributed by atoms with van der Waals surface area (Å²) in [5, 5.41) is 9.60. The van der Waals surface area contributed by atoms with Crippen molar-refractivity contribution in [3.8, 4) is 11.8 Å². The van der Waals surface area contributed by atoms with E-state index < -0.39 is 0 Å². The highest BCUT2D eigenvalue weighted by Gasteiger charge is 2.26. The third-order valence-corrected chi connectivity index (χ3v) is 3.83. The quantitative estimate of drug-likeness (QED) is 0.782. The predicted molar refractivity (Wildman–Crippen MR) is 80.5 cm³/mol. The number of likely N-dealkylation sites (tertiary alicyclic amines) is 1. The molecule has 21 heavy (non-hydrogen) atoms. The Bertz CT molecular complexity index is 552. The highest BCUT2D eigenvalue weighted by molar-refractivity contribution is 5.94. The molecule has 5 nitrogen and oxygen atoms in total. The number of pyridine rings is 1. The number of aliphatic hydroxyl groups is 1. The number of amides is 1. The number of carbonyl (C=O) groups is 1. The molecule has 5 heteroatoms. The van der Waals surface area contributed by atoms with Crippen LogP contribution in [-0.4, -0.2) is 46.6 Å². The van der Waals surface area contributed by atoms with Crippen LogP contribution in [0.3, 0.4) is 0 Å². The molecule has 0 aliphatic carbocycles. The van der Waals surface area contributed by atoms with E-state index in [1.807, 2.05) is 11.8 Å². The Morgan fingerprint density at radius 3 is 2.86 bits per heavy atom. The van der Waals surface area contributed by atoms with Crippen LogP contribution in [-0.2, 0) is 0 Å². The first-order valence-electron chi connectivity index (χ1n) is 7.23. The van der Waals surface area contributed by atoms with E-state index in [1.165, 1.54) is 0 Å². The Balaban J connectivity index is 2.04. The van der Waals surface area contributed by atoms with Gasteiger partial charge >= 0.3 is 0 Å². The highest BCUT2D eigenvalue weighted by Crippen LogP contribution is 2.21. The maximum absolute atomic E-state index is 12.5. The van der Waals surface area contributed by atoms with Gasteiger partial charge in [-0.05, 0) is 31.7 Å². The number of hydrogen-bond acceptors (Lipinski definition) is 4. The molecule has 1 unspecified atom stereocenters.